The number of hydrogen-bond acceptors (Lipinski definition) is 3. The lowest BCUT2D eigenvalue weighted by molar-refractivity contribution is -0.122. The number of amides is 2. The highest BCUT2D eigenvalue weighted by Gasteiger charge is 2.23. The van der Waals surface area contributed by atoms with Gasteiger partial charge in [0.15, 0.2) is 0 Å². The van der Waals surface area contributed by atoms with Crippen LogP contribution in [-0.2, 0) is 9.53 Å². The Morgan fingerprint density at radius 1 is 1.12 bits per heavy atom. The Bertz CT molecular complexity index is 260. The Hall–Kier alpha value is -1.26. The number of hydrogen-bond donors (Lipinski definition) is 2. The number of ether oxygens (including phenoxy) is 1. The molecular weight excluding hydrogens is 220 g/mol. The lowest BCUT2D eigenvalue weighted by Gasteiger charge is -2.29. The van der Waals surface area contributed by atoms with Crippen LogP contribution in [0.2, 0.25) is 0 Å². The molecule has 0 aromatic rings. The second-order valence-electron chi connectivity index (χ2n) is 4.50. The Morgan fingerprint density at radius 3 is 2.12 bits per heavy atom. The van der Waals surface area contributed by atoms with Gasteiger partial charge in [0.1, 0.15) is 0 Å². The van der Waals surface area contributed by atoms with Crippen LogP contribution in [0.25, 0.3) is 0 Å². The van der Waals surface area contributed by atoms with E-state index in [1.54, 1.807) is 0 Å². The van der Waals surface area contributed by atoms with E-state index < -0.39 is 0 Å². The summed E-state index contributed by atoms with van der Waals surface area (Å²) in [5, 5.41) is 5.82. The predicted molar refractivity (Wildman–Crippen MR) is 64.6 cm³/mol. The van der Waals surface area contributed by atoms with Crippen LogP contribution in [0, 0.1) is 0 Å². The SMILES string of the molecule is CCCC(=O)N[C@H]1CC[C@H](NC(=O)OC)CC1. The van der Waals surface area contributed by atoms with E-state index >= 15 is 0 Å². The normalized spacial score (nSPS) is 23.9. The molecule has 5 heteroatoms. The van der Waals surface area contributed by atoms with Gasteiger partial charge in [0.2, 0.25) is 5.91 Å². The second-order valence-corrected chi connectivity index (χ2v) is 4.50. The minimum absolute atomic E-state index is 0.136. The number of methoxy groups -OCH3 is 1. The zero-order valence-electron chi connectivity index (χ0n) is 10.6. The monoisotopic (exact) mass is 242 g/mol. The van der Waals surface area contributed by atoms with E-state index in [2.05, 4.69) is 15.4 Å². The summed E-state index contributed by atoms with van der Waals surface area (Å²) in [6.45, 7) is 2.00. The molecule has 2 N–H and O–H groups in total. The van der Waals surface area contributed by atoms with Crippen LogP contribution in [0.4, 0.5) is 4.79 Å². The maximum atomic E-state index is 11.4. The first-order valence-electron chi connectivity index (χ1n) is 6.29. The van der Waals surface area contributed by atoms with Gasteiger partial charge in [-0.15, -0.1) is 0 Å². The fourth-order valence-corrected chi connectivity index (χ4v) is 2.13. The van der Waals surface area contributed by atoms with E-state index in [0.29, 0.717) is 6.42 Å². The third kappa shape index (κ3) is 5.06. The molecule has 0 unspecified atom stereocenters. The van der Waals surface area contributed by atoms with Gasteiger partial charge >= 0.3 is 6.09 Å². The van der Waals surface area contributed by atoms with Gasteiger partial charge in [-0.25, -0.2) is 4.79 Å². The van der Waals surface area contributed by atoms with E-state index in [1.807, 2.05) is 6.92 Å². The van der Waals surface area contributed by atoms with Crippen molar-refractivity contribution in [2.24, 2.45) is 0 Å². The minimum atomic E-state index is -0.372. The Morgan fingerprint density at radius 2 is 1.65 bits per heavy atom. The summed E-state index contributed by atoms with van der Waals surface area (Å²) >= 11 is 0. The van der Waals surface area contributed by atoms with Crippen molar-refractivity contribution in [2.75, 3.05) is 7.11 Å². The van der Waals surface area contributed by atoms with Crippen molar-refractivity contribution in [2.45, 2.75) is 57.5 Å². The summed E-state index contributed by atoms with van der Waals surface area (Å²) in [4.78, 5) is 22.4. The lowest BCUT2D eigenvalue weighted by Crippen LogP contribution is -2.43. The van der Waals surface area contributed by atoms with E-state index in [1.165, 1.54) is 7.11 Å². The summed E-state index contributed by atoms with van der Waals surface area (Å²) in [5.74, 6) is 0.136. The summed E-state index contributed by atoms with van der Waals surface area (Å²) in [6.07, 6.45) is 4.74. The first-order chi connectivity index (χ1) is 8.15. The standard InChI is InChI=1S/C12H22N2O3/c1-3-4-11(15)13-9-5-7-10(8-6-9)14-12(16)17-2/h9-10H,3-8H2,1-2H3,(H,13,15)(H,14,16)/t9-,10-. The summed E-state index contributed by atoms with van der Waals surface area (Å²) < 4.78 is 4.56. The number of alkyl carbamates (subject to hydrolysis) is 1. The van der Waals surface area contributed by atoms with Crippen LogP contribution in [0.3, 0.4) is 0 Å². The third-order valence-electron chi connectivity index (χ3n) is 3.08. The van der Waals surface area contributed by atoms with Crippen LogP contribution < -0.4 is 10.6 Å². The first kappa shape index (κ1) is 13.8. The predicted octanol–water partition coefficient (Wildman–Crippen LogP) is 1.57. The van der Waals surface area contributed by atoms with Crippen molar-refractivity contribution >= 4 is 12.0 Å². The number of carbonyl (C=O) groups excluding carboxylic acids is 2. The Balaban J connectivity index is 2.21. The molecule has 0 atom stereocenters. The molecule has 5 nitrogen and oxygen atoms in total. The highest BCUT2D eigenvalue weighted by molar-refractivity contribution is 5.76. The highest BCUT2D eigenvalue weighted by atomic mass is 16.5. The number of nitrogens with one attached hydrogen (secondary N) is 2. The largest absolute Gasteiger partial charge is 0.453 e. The van der Waals surface area contributed by atoms with Crippen LogP contribution in [-0.4, -0.2) is 31.2 Å². The minimum Gasteiger partial charge on any atom is -0.453 e. The van der Waals surface area contributed by atoms with E-state index in [0.717, 1.165) is 32.1 Å². The molecule has 1 aliphatic rings. The van der Waals surface area contributed by atoms with Crippen LogP contribution in [0.5, 0.6) is 0 Å². The quantitative estimate of drug-likeness (QED) is 0.786. The van der Waals surface area contributed by atoms with Crippen molar-refractivity contribution in [3.63, 3.8) is 0 Å². The van der Waals surface area contributed by atoms with Crippen molar-refractivity contribution < 1.29 is 14.3 Å². The van der Waals surface area contributed by atoms with E-state index in [9.17, 15) is 9.59 Å². The van der Waals surface area contributed by atoms with Gasteiger partial charge in [-0.05, 0) is 32.1 Å². The van der Waals surface area contributed by atoms with Crippen LogP contribution in [0.15, 0.2) is 0 Å². The molecule has 2 amide bonds. The fourth-order valence-electron chi connectivity index (χ4n) is 2.13. The van der Waals surface area contributed by atoms with Crippen molar-refractivity contribution in [1.29, 1.82) is 0 Å². The maximum Gasteiger partial charge on any atom is 0.407 e. The molecule has 17 heavy (non-hydrogen) atoms. The molecule has 0 aromatic carbocycles. The topological polar surface area (TPSA) is 67.4 Å². The van der Waals surface area contributed by atoms with Crippen LogP contribution in [0.1, 0.15) is 45.4 Å². The van der Waals surface area contributed by atoms with Gasteiger partial charge in [-0.3, -0.25) is 4.79 Å². The molecule has 0 heterocycles. The summed E-state index contributed by atoms with van der Waals surface area (Å²) in [5.41, 5.74) is 0. The van der Waals surface area contributed by atoms with Gasteiger partial charge in [0.25, 0.3) is 0 Å². The molecule has 1 fully saturated rings. The van der Waals surface area contributed by atoms with Gasteiger partial charge < -0.3 is 15.4 Å². The third-order valence-corrected chi connectivity index (χ3v) is 3.08. The van der Waals surface area contributed by atoms with Crippen molar-refractivity contribution in [3.05, 3.63) is 0 Å². The average Bonchev–Trinajstić information content (AvgIpc) is 2.32. The Labute approximate surface area is 102 Å². The van der Waals surface area contributed by atoms with E-state index in [-0.39, 0.29) is 24.1 Å². The molecule has 1 aliphatic carbocycles. The molecule has 0 bridgehead atoms. The van der Waals surface area contributed by atoms with Gasteiger partial charge in [0, 0.05) is 18.5 Å². The van der Waals surface area contributed by atoms with Gasteiger partial charge in [0.05, 0.1) is 7.11 Å². The molecular formula is C12H22N2O3. The summed E-state index contributed by atoms with van der Waals surface area (Å²) in [6, 6.07) is 0.450. The fraction of sp³-hybridized carbons (Fsp3) is 0.833. The second kappa shape index (κ2) is 7.14. The molecule has 0 spiro atoms. The maximum absolute atomic E-state index is 11.4. The van der Waals surface area contributed by atoms with Gasteiger partial charge in [-0.2, -0.15) is 0 Å². The number of carbonyl (C=O) groups is 2. The van der Waals surface area contributed by atoms with E-state index in [4.69, 9.17) is 0 Å². The van der Waals surface area contributed by atoms with Crippen molar-refractivity contribution in [1.82, 2.24) is 10.6 Å². The van der Waals surface area contributed by atoms with Crippen LogP contribution >= 0.6 is 0 Å². The lowest BCUT2D eigenvalue weighted by atomic mass is 9.91. The Kier molecular flexibility index (Phi) is 5.80. The molecule has 0 radical (unpaired) electrons. The highest BCUT2D eigenvalue weighted by Crippen LogP contribution is 2.18. The molecule has 0 saturated heterocycles. The molecule has 1 rings (SSSR count). The van der Waals surface area contributed by atoms with Crippen molar-refractivity contribution in [3.8, 4) is 0 Å². The molecule has 0 aliphatic heterocycles. The zero-order valence-corrected chi connectivity index (χ0v) is 10.6. The average molecular weight is 242 g/mol. The number of rotatable bonds is 4. The summed E-state index contributed by atoms with van der Waals surface area (Å²) in [7, 11) is 1.37. The molecule has 1 saturated carbocycles. The molecule has 98 valence electrons. The zero-order chi connectivity index (χ0) is 12.7. The molecule has 0 aromatic heterocycles. The van der Waals surface area contributed by atoms with Gasteiger partial charge in [-0.1, -0.05) is 6.92 Å². The smallest absolute Gasteiger partial charge is 0.407 e. The first-order valence-corrected chi connectivity index (χ1v) is 6.29.